The third-order valence-electron chi connectivity index (χ3n) is 2.88. The lowest BCUT2D eigenvalue weighted by molar-refractivity contribution is 0.102. The summed E-state index contributed by atoms with van der Waals surface area (Å²) in [6.07, 6.45) is 1.67. The standard InChI is InChI=1S/C15H8Cl3N3OS/c16-8-5-10(18)12(6-9(8)17)20-14(22)13-7-23-15(21-13)11-3-1-2-4-19-11/h1-7H,(H,20,22). The van der Waals surface area contributed by atoms with E-state index in [1.165, 1.54) is 23.5 Å². The number of hydrogen-bond acceptors (Lipinski definition) is 4. The Balaban J connectivity index is 1.82. The molecule has 0 aliphatic heterocycles. The number of halogens is 3. The lowest BCUT2D eigenvalue weighted by atomic mass is 10.3. The van der Waals surface area contributed by atoms with Gasteiger partial charge < -0.3 is 5.32 Å². The Morgan fingerprint density at radius 2 is 1.87 bits per heavy atom. The monoisotopic (exact) mass is 383 g/mol. The normalized spacial score (nSPS) is 10.6. The van der Waals surface area contributed by atoms with Crippen LogP contribution in [0.3, 0.4) is 0 Å². The van der Waals surface area contributed by atoms with Crippen molar-refractivity contribution >= 4 is 57.7 Å². The van der Waals surface area contributed by atoms with Gasteiger partial charge in [-0.1, -0.05) is 40.9 Å². The molecule has 0 saturated carbocycles. The van der Waals surface area contributed by atoms with Crippen molar-refractivity contribution in [3.05, 3.63) is 62.7 Å². The van der Waals surface area contributed by atoms with Crippen molar-refractivity contribution in [2.24, 2.45) is 0 Å². The summed E-state index contributed by atoms with van der Waals surface area (Å²) in [5.41, 5.74) is 1.36. The number of aromatic nitrogens is 2. The molecule has 23 heavy (non-hydrogen) atoms. The number of nitrogens with one attached hydrogen (secondary N) is 1. The molecule has 116 valence electrons. The topological polar surface area (TPSA) is 54.9 Å². The summed E-state index contributed by atoms with van der Waals surface area (Å²) in [5, 5.41) is 5.91. The highest BCUT2D eigenvalue weighted by Gasteiger charge is 2.15. The van der Waals surface area contributed by atoms with Gasteiger partial charge in [0.15, 0.2) is 0 Å². The predicted molar refractivity (Wildman–Crippen MR) is 94.8 cm³/mol. The molecule has 1 N–H and O–H groups in total. The van der Waals surface area contributed by atoms with Crippen LogP contribution in [0.5, 0.6) is 0 Å². The maximum absolute atomic E-state index is 12.3. The van der Waals surface area contributed by atoms with Gasteiger partial charge in [0.05, 0.1) is 26.4 Å². The minimum Gasteiger partial charge on any atom is -0.319 e. The molecule has 3 rings (SSSR count). The van der Waals surface area contributed by atoms with Crippen molar-refractivity contribution in [2.45, 2.75) is 0 Å². The van der Waals surface area contributed by atoms with Gasteiger partial charge in [0.25, 0.3) is 5.91 Å². The summed E-state index contributed by atoms with van der Waals surface area (Å²) in [4.78, 5) is 20.8. The Morgan fingerprint density at radius 1 is 1.09 bits per heavy atom. The molecule has 1 amide bonds. The number of hydrogen-bond donors (Lipinski definition) is 1. The SMILES string of the molecule is O=C(Nc1cc(Cl)c(Cl)cc1Cl)c1csc(-c2ccccn2)n1. The second-order valence-electron chi connectivity index (χ2n) is 4.45. The molecule has 2 aromatic heterocycles. The lowest BCUT2D eigenvalue weighted by Gasteiger charge is -2.07. The van der Waals surface area contributed by atoms with E-state index in [9.17, 15) is 4.79 Å². The highest BCUT2D eigenvalue weighted by atomic mass is 35.5. The van der Waals surface area contributed by atoms with Crippen molar-refractivity contribution < 1.29 is 4.79 Å². The first-order chi connectivity index (χ1) is 11.0. The molecule has 0 unspecified atom stereocenters. The maximum Gasteiger partial charge on any atom is 0.275 e. The second-order valence-corrected chi connectivity index (χ2v) is 6.53. The average molecular weight is 385 g/mol. The second kappa shape index (κ2) is 6.84. The molecule has 1 aromatic carbocycles. The Bertz CT molecular complexity index is 868. The molecule has 0 atom stereocenters. The van der Waals surface area contributed by atoms with Gasteiger partial charge in [-0.05, 0) is 24.3 Å². The molecule has 0 fully saturated rings. The molecule has 0 aliphatic rings. The van der Waals surface area contributed by atoms with E-state index < -0.39 is 0 Å². The quantitative estimate of drug-likeness (QED) is 0.614. The Morgan fingerprint density at radius 3 is 2.61 bits per heavy atom. The van der Waals surface area contributed by atoms with Crippen molar-refractivity contribution in [1.82, 2.24) is 9.97 Å². The van der Waals surface area contributed by atoms with E-state index in [0.29, 0.717) is 31.5 Å². The Labute approximate surface area is 151 Å². The van der Waals surface area contributed by atoms with Crippen LogP contribution in [-0.4, -0.2) is 15.9 Å². The summed E-state index contributed by atoms with van der Waals surface area (Å²) < 4.78 is 0. The maximum atomic E-state index is 12.3. The lowest BCUT2D eigenvalue weighted by Crippen LogP contribution is -2.12. The van der Waals surface area contributed by atoms with Gasteiger partial charge in [-0.25, -0.2) is 4.98 Å². The van der Waals surface area contributed by atoms with Crippen LogP contribution in [-0.2, 0) is 0 Å². The van der Waals surface area contributed by atoms with E-state index >= 15 is 0 Å². The molecule has 3 aromatic rings. The molecule has 2 heterocycles. The van der Waals surface area contributed by atoms with Crippen molar-refractivity contribution in [1.29, 1.82) is 0 Å². The van der Waals surface area contributed by atoms with E-state index in [2.05, 4.69) is 15.3 Å². The summed E-state index contributed by atoms with van der Waals surface area (Å²) in [7, 11) is 0. The number of thiazole rings is 1. The minimum atomic E-state index is -0.385. The fraction of sp³-hybridized carbons (Fsp3) is 0. The highest BCUT2D eigenvalue weighted by molar-refractivity contribution is 7.13. The number of benzene rings is 1. The molecular formula is C15H8Cl3N3OS. The largest absolute Gasteiger partial charge is 0.319 e. The molecule has 4 nitrogen and oxygen atoms in total. The molecule has 0 saturated heterocycles. The fourth-order valence-electron chi connectivity index (χ4n) is 1.79. The first kappa shape index (κ1) is 16.2. The molecule has 0 aliphatic carbocycles. The zero-order valence-electron chi connectivity index (χ0n) is 11.4. The van der Waals surface area contributed by atoms with Crippen LogP contribution in [0.4, 0.5) is 5.69 Å². The van der Waals surface area contributed by atoms with Crippen molar-refractivity contribution in [3.63, 3.8) is 0 Å². The van der Waals surface area contributed by atoms with E-state index in [1.807, 2.05) is 18.2 Å². The molecule has 0 radical (unpaired) electrons. The van der Waals surface area contributed by atoms with Crippen LogP contribution in [0.2, 0.25) is 15.1 Å². The summed E-state index contributed by atoms with van der Waals surface area (Å²) >= 11 is 19.2. The smallest absolute Gasteiger partial charge is 0.275 e. The van der Waals surface area contributed by atoms with Crippen molar-refractivity contribution in [2.75, 3.05) is 5.32 Å². The number of rotatable bonds is 3. The van der Waals surface area contributed by atoms with Gasteiger partial charge in [0, 0.05) is 11.6 Å². The van der Waals surface area contributed by atoms with E-state index in [4.69, 9.17) is 34.8 Å². The summed E-state index contributed by atoms with van der Waals surface area (Å²) in [6, 6.07) is 8.48. The Kier molecular flexibility index (Phi) is 4.82. The average Bonchev–Trinajstić information content (AvgIpc) is 3.03. The molecule has 8 heteroatoms. The number of anilines is 1. The van der Waals surface area contributed by atoms with Crippen LogP contribution in [0.1, 0.15) is 10.5 Å². The van der Waals surface area contributed by atoms with Gasteiger partial charge in [0.1, 0.15) is 10.7 Å². The molecule has 0 bridgehead atoms. The van der Waals surface area contributed by atoms with Crippen molar-refractivity contribution in [3.8, 4) is 10.7 Å². The first-order valence-corrected chi connectivity index (χ1v) is 8.39. The first-order valence-electron chi connectivity index (χ1n) is 6.37. The minimum absolute atomic E-state index is 0.276. The van der Waals surface area contributed by atoms with E-state index in [0.717, 1.165) is 0 Å². The summed E-state index contributed by atoms with van der Waals surface area (Å²) in [5.74, 6) is -0.385. The summed E-state index contributed by atoms with van der Waals surface area (Å²) in [6.45, 7) is 0. The number of amides is 1. The van der Waals surface area contributed by atoms with E-state index in [1.54, 1.807) is 11.6 Å². The van der Waals surface area contributed by atoms with Gasteiger partial charge in [-0.3, -0.25) is 9.78 Å². The predicted octanol–water partition coefficient (Wildman–Crippen LogP) is 5.42. The van der Waals surface area contributed by atoms with Crippen LogP contribution < -0.4 is 5.32 Å². The van der Waals surface area contributed by atoms with Gasteiger partial charge in [-0.2, -0.15) is 0 Å². The number of carbonyl (C=O) groups excluding carboxylic acids is 1. The van der Waals surface area contributed by atoms with Gasteiger partial charge in [-0.15, -0.1) is 11.3 Å². The van der Waals surface area contributed by atoms with Crippen LogP contribution in [0.15, 0.2) is 41.9 Å². The van der Waals surface area contributed by atoms with Crippen LogP contribution in [0.25, 0.3) is 10.7 Å². The van der Waals surface area contributed by atoms with Crippen LogP contribution >= 0.6 is 46.1 Å². The Hall–Kier alpha value is -1.66. The van der Waals surface area contributed by atoms with Gasteiger partial charge in [0.2, 0.25) is 0 Å². The third kappa shape index (κ3) is 3.64. The third-order valence-corrected chi connectivity index (χ3v) is 4.78. The van der Waals surface area contributed by atoms with Crippen LogP contribution in [0, 0.1) is 0 Å². The molecular weight excluding hydrogens is 377 g/mol. The number of carbonyl (C=O) groups is 1. The fourth-order valence-corrected chi connectivity index (χ4v) is 3.16. The van der Waals surface area contributed by atoms with E-state index in [-0.39, 0.29) is 11.6 Å². The zero-order chi connectivity index (χ0) is 16.4. The highest BCUT2D eigenvalue weighted by Crippen LogP contribution is 2.32. The molecule has 0 spiro atoms. The van der Waals surface area contributed by atoms with Gasteiger partial charge >= 0.3 is 0 Å². The number of pyridine rings is 1. The number of nitrogens with zero attached hydrogens (tertiary/aromatic N) is 2. The zero-order valence-corrected chi connectivity index (χ0v) is 14.5.